The molecule has 3 rings (SSSR count). The number of para-hydroxylation sites is 1. The fraction of sp³-hybridized carbons (Fsp3) is 0.471. The molecule has 0 spiro atoms. The molecule has 1 aromatic heterocycles. The molecule has 1 saturated heterocycles. The Morgan fingerprint density at radius 2 is 2.12 bits per heavy atom. The Bertz CT molecular complexity index is 699. The maximum Gasteiger partial charge on any atom is 0.273 e. The van der Waals surface area contributed by atoms with Crippen molar-refractivity contribution in [3.05, 3.63) is 42.2 Å². The number of benzene rings is 1. The average Bonchev–Trinajstić information content (AvgIpc) is 2.98. The largest absolute Gasteiger partial charge is 0.491 e. The van der Waals surface area contributed by atoms with Crippen LogP contribution in [0.5, 0.6) is 5.75 Å². The molecule has 128 valence electrons. The second-order valence-corrected chi connectivity index (χ2v) is 6.55. The van der Waals surface area contributed by atoms with E-state index in [0.29, 0.717) is 25.4 Å². The number of aromatic nitrogens is 3. The van der Waals surface area contributed by atoms with E-state index in [2.05, 4.69) is 10.3 Å². The number of ether oxygens (including phenoxy) is 2. The molecule has 7 heteroatoms. The van der Waals surface area contributed by atoms with E-state index in [9.17, 15) is 4.79 Å². The Balaban J connectivity index is 1.68. The molecule has 1 amide bonds. The lowest BCUT2D eigenvalue weighted by atomic mass is 10.0. The van der Waals surface area contributed by atoms with Crippen LogP contribution in [0.1, 0.15) is 24.3 Å². The van der Waals surface area contributed by atoms with Crippen LogP contribution >= 0.6 is 0 Å². The zero-order valence-electron chi connectivity index (χ0n) is 14.2. The van der Waals surface area contributed by atoms with Gasteiger partial charge in [0.15, 0.2) is 0 Å². The lowest BCUT2D eigenvalue weighted by Gasteiger charge is -2.42. The first-order valence-electron chi connectivity index (χ1n) is 7.94. The quantitative estimate of drug-likeness (QED) is 0.850. The van der Waals surface area contributed by atoms with Crippen LogP contribution in [-0.2, 0) is 11.8 Å². The summed E-state index contributed by atoms with van der Waals surface area (Å²) in [5.41, 5.74) is 0.0282. The smallest absolute Gasteiger partial charge is 0.273 e. The summed E-state index contributed by atoms with van der Waals surface area (Å²) >= 11 is 0. The highest BCUT2D eigenvalue weighted by molar-refractivity contribution is 5.92. The first-order chi connectivity index (χ1) is 11.4. The van der Waals surface area contributed by atoms with Crippen LogP contribution in [0, 0.1) is 0 Å². The molecule has 0 bridgehead atoms. The van der Waals surface area contributed by atoms with E-state index < -0.39 is 5.60 Å². The van der Waals surface area contributed by atoms with Crippen molar-refractivity contribution in [1.29, 1.82) is 0 Å². The van der Waals surface area contributed by atoms with Gasteiger partial charge >= 0.3 is 0 Å². The molecule has 1 aliphatic heterocycles. The molecule has 2 aromatic rings. The van der Waals surface area contributed by atoms with Crippen molar-refractivity contribution >= 4 is 5.91 Å². The molecular formula is C17H22N4O3. The van der Waals surface area contributed by atoms with Crippen LogP contribution in [0.15, 0.2) is 36.5 Å². The van der Waals surface area contributed by atoms with E-state index >= 15 is 0 Å². The lowest BCUT2D eigenvalue weighted by Crippen LogP contribution is -2.56. The topological polar surface area (TPSA) is 69.5 Å². The molecular weight excluding hydrogens is 308 g/mol. The van der Waals surface area contributed by atoms with E-state index in [1.54, 1.807) is 11.9 Å². The van der Waals surface area contributed by atoms with Crippen LogP contribution in [0.2, 0.25) is 0 Å². The number of hydrogen-bond donors (Lipinski definition) is 0. The third kappa shape index (κ3) is 3.73. The molecule has 1 fully saturated rings. The van der Waals surface area contributed by atoms with Crippen molar-refractivity contribution in [1.82, 2.24) is 19.9 Å². The Morgan fingerprint density at radius 1 is 1.38 bits per heavy atom. The van der Waals surface area contributed by atoms with Gasteiger partial charge in [-0.3, -0.25) is 4.79 Å². The van der Waals surface area contributed by atoms with E-state index in [0.717, 1.165) is 5.75 Å². The van der Waals surface area contributed by atoms with E-state index in [1.807, 2.05) is 44.2 Å². The maximum absolute atomic E-state index is 12.7. The lowest BCUT2D eigenvalue weighted by molar-refractivity contribution is -0.136. The molecule has 0 radical (unpaired) electrons. The summed E-state index contributed by atoms with van der Waals surface area (Å²) in [5.74, 6) is 0.696. The second-order valence-electron chi connectivity index (χ2n) is 6.55. The number of carbonyl (C=O) groups is 1. The summed E-state index contributed by atoms with van der Waals surface area (Å²) in [7, 11) is 1.71. The van der Waals surface area contributed by atoms with Gasteiger partial charge in [0.1, 0.15) is 24.2 Å². The van der Waals surface area contributed by atoms with E-state index in [1.165, 1.54) is 10.9 Å². The van der Waals surface area contributed by atoms with Crippen molar-refractivity contribution in [2.45, 2.75) is 25.6 Å². The van der Waals surface area contributed by atoms with Gasteiger partial charge in [0.05, 0.1) is 18.3 Å². The van der Waals surface area contributed by atoms with Gasteiger partial charge in [-0.2, -0.15) is 0 Å². The number of aryl methyl sites for hydroxylation is 1. The van der Waals surface area contributed by atoms with Gasteiger partial charge in [0, 0.05) is 13.6 Å². The van der Waals surface area contributed by atoms with Gasteiger partial charge in [-0.25, -0.2) is 4.68 Å². The number of nitrogens with zero attached hydrogens (tertiary/aromatic N) is 4. The Hall–Kier alpha value is -2.41. The zero-order chi connectivity index (χ0) is 17.2. The van der Waals surface area contributed by atoms with Crippen LogP contribution in [-0.4, -0.2) is 57.2 Å². The van der Waals surface area contributed by atoms with Crippen LogP contribution in [0.3, 0.4) is 0 Å². The van der Waals surface area contributed by atoms with Crippen molar-refractivity contribution in [3.8, 4) is 5.75 Å². The summed E-state index contributed by atoms with van der Waals surface area (Å²) in [4.78, 5) is 14.5. The number of morpholine rings is 1. The van der Waals surface area contributed by atoms with Crippen LogP contribution in [0.25, 0.3) is 0 Å². The van der Waals surface area contributed by atoms with Crippen molar-refractivity contribution in [2.75, 3.05) is 19.7 Å². The van der Waals surface area contributed by atoms with Crippen molar-refractivity contribution in [3.63, 3.8) is 0 Å². The summed E-state index contributed by atoms with van der Waals surface area (Å²) in [6.45, 7) is 5.33. The first-order valence-corrected chi connectivity index (χ1v) is 7.94. The maximum atomic E-state index is 12.7. The van der Waals surface area contributed by atoms with Gasteiger partial charge < -0.3 is 14.4 Å². The van der Waals surface area contributed by atoms with E-state index in [-0.39, 0.29) is 12.0 Å². The predicted molar refractivity (Wildman–Crippen MR) is 87.8 cm³/mol. The van der Waals surface area contributed by atoms with Gasteiger partial charge in [-0.05, 0) is 26.0 Å². The minimum atomic E-state index is -0.440. The highest BCUT2D eigenvalue weighted by atomic mass is 16.5. The van der Waals surface area contributed by atoms with Crippen LogP contribution < -0.4 is 4.74 Å². The molecule has 1 aliphatic rings. The SMILES string of the molecule is Cn1nncc1C(=O)N1C[C@@H](COc2ccccc2)OC(C)(C)C1. The molecule has 1 atom stereocenters. The summed E-state index contributed by atoms with van der Waals surface area (Å²) in [6, 6.07) is 9.59. The van der Waals surface area contributed by atoms with Gasteiger partial charge in [0.2, 0.25) is 0 Å². The number of carbonyl (C=O) groups excluding carboxylic acids is 1. The third-order valence-electron chi connectivity index (χ3n) is 3.88. The molecule has 7 nitrogen and oxygen atoms in total. The minimum Gasteiger partial charge on any atom is -0.491 e. The summed E-state index contributed by atoms with van der Waals surface area (Å²) < 4.78 is 13.3. The van der Waals surface area contributed by atoms with Gasteiger partial charge in [-0.1, -0.05) is 23.4 Å². The Kier molecular flexibility index (Phi) is 4.53. The number of amides is 1. The summed E-state index contributed by atoms with van der Waals surface area (Å²) in [5, 5.41) is 7.61. The normalized spacial score (nSPS) is 20.0. The first kappa shape index (κ1) is 16.4. The van der Waals surface area contributed by atoms with Crippen LogP contribution in [0.4, 0.5) is 0 Å². The molecule has 2 heterocycles. The number of rotatable bonds is 4. The fourth-order valence-electron chi connectivity index (χ4n) is 2.89. The molecule has 1 aromatic carbocycles. The molecule has 0 N–H and O–H groups in total. The van der Waals surface area contributed by atoms with Gasteiger partial charge in [-0.15, -0.1) is 5.10 Å². The van der Waals surface area contributed by atoms with Crippen molar-refractivity contribution < 1.29 is 14.3 Å². The second kappa shape index (κ2) is 6.60. The Labute approximate surface area is 141 Å². The minimum absolute atomic E-state index is 0.0939. The molecule has 0 saturated carbocycles. The Morgan fingerprint density at radius 3 is 2.79 bits per heavy atom. The van der Waals surface area contributed by atoms with E-state index in [4.69, 9.17) is 9.47 Å². The van der Waals surface area contributed by atoms with Gasteiger partial charge in [0.25, 0.3) is 5.91 Å². The fourth-order valence-corrected chi connectivity index (χ4v) is 2.89. The standard InChI is InChI=1S/C17H22N4O3/c1-17(2)12-21(16(22)15-9-18-19-20(15)3)10-14(24-17)11-23-13-7-5-4-6-8-13/h4-9,14H,10-12H2,1-3H3/t14-/m0/s1. The highest BCUT2D eigenvalue weighted by Crippen LogP contribution is 2.23. The average molecular weight is 330 g/mol. The predicted octanol–water partition coefficient (Wildman–Crippen LogP) is 1.51. The number of hydrogen-bond acceptors (Lipinski definition) is 5. The third-order valence-corrected chi connectivity index (χ3v) is 3.88. The highest BCUT2D eigenvalue weighted by Gasteiger charge is 2.37. The molecule has 0 aliphatic carbocycles. The summed E-state index contributed by atoms with van der Waals surface area (Å²) in [6.07, 6.45) is 1.29. The molecule has 0 unspecified atom stereocenters. The molecule has 24 heavy (non-hydrogen) atoms. The van der Waals surface area contributed by atoms with Crippen molar-refractivity contribution in [2.24, 2.45) is 7.05 Å². The monoisotopic (exact) mass is 330 g/mol. The zero-order valence-corrected chi connectivity index (χ0v) is 14.2.